The summed E-state index contributed by atoms with van der Waals surface area (Å²) in [5.74, 6) is -0.188. The second-order valence-corrected chi connectivity index (χ2v) is 6.21. The van der Waals surface area contributed by atoms with E-state index in [2.05, 4.69) is 26.6 Å². The SMILES string of the molecule is Cc1ccc(NCC(=O)Nc2ccc(Cl)cc2Cl)c(Br)c1. The van der Waals surface area contributed by atoms with Crippen LogP contribution in [0.2, 0.25) is 10.0 Å². The molecule has 0 aliphatic rings. The molecule has 0 spiro atoms. The van der Waals surface area contributed by atoms with Gasteiger partial charge in [0.15, 0.2) is 0 Å². The van der Waals surface area contributed by atoms with Gasteiger partial charge in [-0.2, -0.15) is 0 Å². The van der Waals surface area contributed by atoms with Crippen LogP contribution in [0.4, 0.5) is 11.4 Å². The fourth-order valence-electron chi connectivity index (χ4n) is 1.72. The zero-order valence-corrected chi connectivity index (χ0v) is 14.3. The van der Waals surface area contributed by atoms with Crippen molar-refractivity contribution in [2.24, 2.45) is 0 Å². The van der Waals surface area contributed by atoms with Crippen LogP contribution >= 0.6 is 39.1 Å². The Hall–Kier alpha value is -1.23. The van der Waals surface area contributed by atoms with Gasteiger partial charge in [0.25, 0.3) is 0 Å². The number of nitrogens with one attached hydrogen (secondary N) is 2. The average Bonchev–Trinajstić information content (AvgIpc) is 2.41. The molecule has 1 amide bonds. The van der Waals surface area contributed by atoms with E-state index < -0.39 is 0 Å². The Kier molecular flexibility index (Phi) is 5.51. The Balaban J connectivity index is 1.96. The molecule has 3 nitrogen and oxygen atoms in total. The van der Waals surface area contributed by atoms with Crippen LogP contribution in [0.1, 0.15) is 5.56 Å². The summed E-state index contributed by atoms with van der Waals surface area (Å²) in [7, 11) is 0. The van der Waals surface area contributed by atoms with Gasteiger partial charge >= 0.3 is 0 Å². The fourth-order valence-corrected chi connectivity index (χ4v) is 2.81. The summed E-state index contributed by atoms with van der Waals surface area (Å²) in [6, 6.07) is 10.8. The predicted molar refractivity (Wildman–Crippen MR) is 92.5 cm³/mol. The normalized spacial score (nSPS) is 10.3. The number of carbonyl (C=O) groups excluding carboxylic acids is 1. The monoisotopic (exact) mass is 386 g/mol. The zero-order chi connectivity index (χ0) is 15.4. The van der Waals surface area contributed by atoms with E-state index >= 15 is 0 Å². The highest BCUT2D eigenvalue weighted by Crippen LogP contribution is 2.26. The predicted octanol–water partition coefficient (Wildman–Crippen LogP) is 5.11. The first-order valence-corrected chi connectivity index (χ1v) is 7.75. The van der Waals surface area contributed by atoms with Gasteiger partial charge in [0.1, 0.15) is 0 Å². The molecular weight excluding hydrogens is 375 g/mol. The molecule has 0 bridgehead atoms. The molecule has 0 saturated heterocycles. The number of hydrogen-bond donors (Lipinski definition) is 2. The quantitative estimate of drug-likeness (QED) is 0.764. The van der Waals surface area contributed by atoms with Gasteiger partial charge in [-0.05, 0) is 58.7 Å². The van der Waals surface area contributed by atoms with Crippen LogP contribution in [0.5, 0.6) is 0 Å². The van der Waals surface area contributed by atoms with Crippen molar-refractivity contribution in [3.05, 3.63) is 56.5 Å². The van der Waals surface area contributed by atoms with Crippen molar-refractivity contribution in [3.63, 3.8) is 0 Å². The lowest BCUT2D eigenvalue weighted by Crippen LogP contribution is -2.22. The second-order valence-electron chi connectivity index (χ2n) is 4.51. The third-order valence-electron chi connectivity index (χ3n) is 2.77. The van der Waals surface area contributed by atoms with Crippen LogP contribution in [0, 0.1) is 6.92 Å². The topological polar surface area (TPSA) is 41.1 Å². The molecular formula is C15H13BrCl2N2O. The van der Waals surface area contributed by atoms with Crippen LogP contribution < -0.4 is 10.6 Å². The van der Waals surface area contributed by atoms with Crippen molar-refractivity contribution < 1.29 is 4.79 Å². The lowest BCUT2D eigenvalue weighted by atomic mass is 10.2. The van der Waals surface area contributed by atoms with Crippen molar-refractivity contribution in [1.29, 1.82) is 0 Å². The Morgan fingerprint density at radius 2 is 1.86 bits per heavy atom. The molecule has 2 N–H and O–H groups in total. The largest absolute Gasteiger partial charge is 0.375 e. The molecule has 21 heavy (non-hydrogen) atoms. The van der Waals surface area contributed by atoms with E-state index in [1.807, 2.05) is 25.1 Å². The molecule has 0 atom stereocenters. The Morgan fingerprint density at radius 3 is 2.52 bits per heavy atom. The van der Waals surface area contributed by atoms with E-state index in [-0.39, 0.29) is 12.5 Å². The van der Waals surface area contributed by atoms with E-state index in [9.17, 15) is 4.79 Å². The number of benzene rings is 2. The van der Waals surface area contributed by atoms with Gasteiger partial charge in [-0.15, -0.1) is 0 Å². The van der Waals surface area contributed by atoms with Gasteiger partial charge in [0.2, 0.25) is 5.91 Å². The standard InChI is InChI=1S/C15H13BrCl2N2O/c1-9-2-4-13(11(16)6-9)19-8-15(21)20-14-5-3-10(17)7-12(14)18/h2-7,19H,8H2,1H3,(H,20,21). The molecule has 2 rings (SSSR count). The molecule has 6 heteroatoms. The Bertz CT molecular complexity index is 677. The maximum absolute atomic E-state index is 11.9. The van der Waals surface area contributed by atoms with Crippen molar-refractivity contribution >= 4 is 56.4 Å². The van der Waals surface area contributed by atoms with E-state index in [1.54, 1.807) is 18.2 Å². The smallest absolute Gasteiger partial charge is 0.243 e. The third kappa shape index (κ3) is 4.63. The summed E-state index contributed by atoms with van der Waals surface area (Å²) in [6.07, 6.45) is 0. The number of rotatable bonds is 4. The molecule has 0 aliphatic carbocycles. The minimum atomic E-state index is -0.188. The highest BCUT2D eigenvalue weighted by molar-refractivity contribution is 9.10. The molecule has 0 aromatic heterocycles. The molecule has 2 aromatic rings. The Labute approximate surface area is 141 Å². The maximum Gasteiger partial charge on any atom is 0.243 e. The average molecular weight is 388 g/mol. The summed E-state index contributed by atoms with van der Waals surface area (Å²) in [5, 5.41) is 6.73. The number of hydrogen-bond acceptors (Lipinski definition) is 2. The number of amides is 1. The van der Waals surface area contributed by atoms with E-state index in [0.717, 1.165) is 15.7 Å². The number of carbonyl (C=O) groups is 1. The van der Waals surface area contributed by atoms with Crippen LogP contribution in [0.15, 0.2) is 40.9 Å². The summed E-state index contributed by atoms with van der Waals surface area (Å²) in [6.45, 7) is 2.14. The highest BCUT2D eigenvalue weighted by Gasteiger charge is 2.07. The zero-order valence-electron chi connectivity index (χ0n) is 11.2. The van der Waals surface area contributed by atoms with Crippen LogP contribution in [0.25, 0.3) is 0 Å². The summed E-state index contributed by atoms with van der Waals surface area (Å²) in [4.78, 5) is 11.9. The van der Waals surface area contributed by atoms with Gasteiger partial charge in [-0.3, -0.25) is 4.79 Å². The molecule has 0 radical (unpaired) electrons. The molecule has 0 unspecified atom stereocenters. The van der Waals surface area contributed by atoms with Gasteiger partial charge in [0.05, 0.1) is 17.3 Å². The first-order valence-electron chi connectivity index (χ1n) is 6.20. The van der Waals surface area contributed by atoms with Gasteiger partial charge in [-0.25, -0.2) is 0 Å². The van der Waals surface area contributed by atoms with Crippen molar-refractivity contribution in [2.75, 3.05) is 17.2 Å². The van der Waals surface area contributed by atoms with Crippen molar-refractivity contribution in [2.45, 2.75) is 6.92 Å². The number of anilines is 2. The number of halogens is 3. The number of aryl methyl sites for hydroxylation is 1. The van der Waals surface area contributed by atoms with Crippen LogP contribution in [0.3, 0.4) is 0 Å². The molecule has 0 saturated carbocycles. The summed E-state index contributed by atoms with van der Waals surface area (Å²) < 4.78 is 0.917. The molecule has 0 heterocycles. The molecule has 110 valence electrons. The lowest BCUT2D eigenvalue weighted by molar-refractivity contribution is -0.114. The molecule has 0 aliphatic heterocycles. The van der Waals surface area contributed by atoms with E-state index in [1.165, 1.54) is 0 Å². The molecule has 2 aromatic carbocycles. The minimum Gasteiger partial charge on any atom is -0.375 e. The van der Waals surface area contributed by atoms with E-state index in [0.29, 0.717) is 15.7 Å². The van der Waals surface area contributed by atoms with Crippen LogP contribution in [-0.4, -0.2) is 12.5 Å². The fraction of sp³-hybridized carbons (Fsp3) is 0.133. The molecule has 0 fully saturated rings. The van der Waals surface area contributed by atoms with Gasteiger partial charge < -0.3 is 10.6 Å². The van der Waals surface area contributed by atoms with Crippen LogP contribution in [-0.2, 0) is 4.79 Å². The van der Waals surface area contributed by atoms with E-state index in [4.69, 9.17) is 23.2 Å². The second kappa shape index (κ2) is 7.16. The van der Waals surface area contributed by atoms with Crippen molar-refractivity contribution in [1.82, 2.24) is 0 Å². The first kappa shape index (κ1) is 16.1. The lowest BCUT2D eigenvalue weighted by Gasteiger charge is -2.11. The van der Waals surface area contributed by atoms with Gasteiger partial charge in [0, 0.05) is 15.2 Å². The third-order valence-corrected chi connectivity index (χ3v) is 3.97. The first-order chi connectivity index (χ1) is 9.95. The highest BCUT2D eigenvalue weighted by atomic mass is 79.9. The maximum atomic E-state index is 11.9. The van der Waals surface area contributed by atoms with Gasteiger partial charge in [-0.1, -0.05) is 29.3 Å². The van der Waals surface area contributed by atoms with Crippen molar-refractivity contribution in [3.8, 4) is 0 Å². The summed E-state index contributed by atoms with van der Waals surface area (Å²) >= 11 is 15.3. The Morgan fingerprint density at radius 1 is 1.14 bits per heavy atom. The summed E-state index contributed by atoms with van der Waals surface area (Å²) in [5.41, 5.74) is 2.54. The minimum absolute atomic E-state index is 0.140.